The van der Waals surface area contributed by atoms with Gasteiger partial charge in [-0.1, -0.05) is 95.0 Å². The number of aryl methyl sites for hydroxylation is 3. The summed E-state index contributed by atoms with van der Waals surface area (Å²) >= 11 is 13.2. The smallest absolute Gasteiger partial charge is 0.264 e. The van der Waals surface area contributed by atoms with Crippen LogP contribution < -0.4 is 9.62 Å². The Kier molecular flexibility index (Phi) is 11.4. The minimum atomic E-state index is -4.22. The number of carbonyl (C=O) groups is 2. The van der Waals surface area contributed by atoms with Crippen LogP contribution >= 0.6 is 23.2 Å². The van der Waals surface area contributed by atoms with E-state index in [0.29, 0.717) is 26.9 Å². The zero-order valence-electron chi connectivity index (χ0n) is 27.6. The highest BCUT2D eigenvalue weighted by atomic mass is 35.5. The minimum Gasteiger partial charge on any atom is -0.350 e. The number of nitrogens with one attached hydrogen (secondary N) is 1. The number of nitrogens with zero attached hydrogens (tertiary/aromatic N) is 2. The van der Waals surface area contributed by atoms with Gasteiger partial charge in [0.1, 0.15) is 12.6 Å². The van der Waals surface area contributed by atoms with Crippen LogP contribution in [0.3, 0.4) is 0 Å². The lowest BCUT2D eigenvalue weighted by atomic mass is 10.0. The Labute approximate surface area is 288 Å². The van der Waals surface area contributed by atoms with Crippen molar-refractivity contribution in [1.29, 1.82) is 0 Å². The summed E-state index contributed by atoms with van der Waals surface area (Å²) in [5.74, 6) is -0.987. The molecule has 4 aromatic rings. The second kappa shape index (κ2) is 14.9. The zero-order valence-corrected chi connectivity index (χ0v) is 29.9. The molecule has 1 atom stereocenters. The number of halogens is 2. The van der Waals surface area contributed by atoms with Gasteiger partial charge in [0.2, 0.25) is 11.8 Å². The summed E-state index contributed by atoms with van der Waals surface area (Å²) in [6.07, 6.45) is 0.171. The molecular weight excluding hydrogens is 653 g/mol. The van der Waals surface area contributed by atoms with Crippen LogP contribution in [0.1, 0.15) is 48.6 Å². The van der Waals surface area contributed by atoms with Crippen LogP contribution in [0.2, 0.25) is 10.0 Å². The Balaban J connectivity index is 1.88. The molecule has 248 valence electrons. The van der Waals surface area contributed by atoms with Crippen LogP contribution in [0.15, 0.2) is 95.9 Å². The normalized spacial score (nSPS) is 12.3. The number of amides is 2. The summed E-state index contributed by atoms with van der Waals surface area (Å²) in [6.45, 7) is 10.5. The van der Waals surface area contributed by atoms with Gasteiger partial charge in [-0.05, 0) is 83.0 Å². The van der Waals surface area contributed by atoms with Gasteiger partial charge >= 0.3 is 0 Å². The van der Waals surface area contributed by atoms with E-state index in [1.807, 2.05) is 71.0 Å². The molecule has 0 radical (unpaired) electrons. The molecule has 4 aromatic carbocycles. The number of carbonyl (C=O) groups excluding carboxylic acids is 2. The molecule has 0 aliphatic carbocycles. The lowest BCUT2D eigenvalue weighted by Gasteiger charge is -2.36. The van der Waals surface area contributed by atoms with Crippen molar-refractivity contribution in [3.8, 4) is 0 Å². The van der Waals surface area contributed by atoms with Crippen molar-refractivity contribution in [1.82, 2.24) is 10.2 Å². The van der Waals surface area contributed by atoms with Crippen molar-refractivity contribution < 1.29 is 18.0 Å². The van der Waals surface area contributed by atoms with Crippen molar-refractivity contribution in [2.75, 3.05) is 10.8 Å². The summed E-state index contributed by atoms with van der Waals surface area (Å²) < 4.78 is 29.8. The average Bonchev–Trinajstić information content (AvgIpc) is 2.99. The number of rotatable bonds is 11. The van der Waals surface area contributed by atoms with Crippen molar-refractivity contribution in [2.45, 2.75) is 71.0 Å². The summed E-state index contributed by atoms with van der Waals surface area (Å²) in [5, 5.41) is 3.67. The van der Waals surface area contributed by atoms with Crippen molar-refractivity contribution in [3.63, 3.8) is 0 Å². The van der Waals surface area contributed by atoms with E-state index >= 15 is 0 Å². The monoisotopic (exact) mass is 693 g/mol. The summed E-state index contributed by atoms with van der Waals surface area (Å²) in [4.78, 5) is 30.2. The first-order chi connectivity index (χ1) is 22.1. The quantitative estimate of drug-likeness (QED) is 0.175. The predicted octanol–water partition coefficient (Wildman–Crippen LogP) is 7.67. The van der Waals surface area contributed by atoms with Gasteiger partial charge in [0.05, 0.1) is 10.6 Å². The molecule has 0 heterocycles. The lowest BCUT2D eigenvalue weighted by molar-refractivity contribution is -0.140. The molecule has 0 aliphatic rings. The van der Waals surface area contributed by atoms with E-state index in [0.717, 1.165) is 21.0 Å². The van der Waals surface area contributed by atoms with Gasteiger partial charge < -0.3 is 10.2 Å². The number of anilines is 1. The maximum atomic E-state index is 14.7. The molecule has 0 fully saturated rings. The van der Waals surface area contributed by atoms with Gasteiger partial charge in [0.15, 0.2) is 0 Å². The highest BCUT2D eigenvalue weighted by molar-refractivity contribution is 7.92. The van der Waals surface area contributed by atoms with E-state index < -0.39 is 40.0 Å². The molecule has 0 aliphatic heterocycles. The molecule has 0 saturated carbocycles. The predicted molar refractivity (Wildman–Crippen MR) is 190 cm³/mol. The SMILES string of the molecule is Cc1ccc(S(=O)(=O)N(CC(=O)N(Cc2c(Cl)cccc2Cl)[C@H](Cc2ccccc2)C(=O)NC(C)(C)C)c2ccc(C)cc2C)cc1. The fourth-order valence-corrected chi connectivity index (χ4v) is 7.29. The molecule has 1 N–H and O–H groups in total. The lowest BCUT2D eigenvalue weighted by Crippen LogP contribution is -2.56. The zero-order chi connectivity index (χ0) is 34.5. The van der Waals surface area contributed by atoms with E-state index in [2.05, 4.69) is 5.32 Å². The Bertz CT molecular complexity index is 1820. The number of hydrogen-bond donors (Lipinski definition) is 1. The molecule has 0 unspecified atom stereocenters. The second-order valence-corrected chi connectivity index (χ2v) is 15.5. The van der Waals surface area contributed by atoms with Crippen molar-refractivity contribution in [2.24, 2.45) is 0 Å². The van der Waals surface area contributed by atoms with E-state index in [4.69, 9.17) is 23.2 Å². The van der Waals surface area contributed by atoms with Crippen LogP contribution in [-0.4, -0.2) is 43.3 Å². The van der Waals surface area contributed by atoms with Crippen LogP contribution in [0.25, 0.3) is 0 Å². The molecular formula is C37H41Cl2N3O4S. The van der Waals surface area contributed by atoms with Gasteiger partial charge in [0, 0.05) is 34.1 Å². The molecule has 0 bridgehead atoms. The molecule has 0 aromatic heterocycles. The van der Waals surface area contributed by atoms with E-state index in [9.17, 15) is 18.0 Å². The highest BCUT2D eigenvalue weighted by Crippen LogP contribution is 2.31. The fraction of sp³-hybridized carbons (Fsp3) is 0.297. The Hall–Kier alpha value is -3.85. The first kappa shape index (κ1) is 36.0. The molecule has 0 spiro atoms. The second-order valence-electron chi connectivity index (χ2n) is 12.8. The third-order valence-corrected chi connectivity index (χ3v) is 10.2. The van der Waals surface area contributed by atoms with Crippen LogP contribution in [-0.2, 0) is 32.6 Å². The maximum absolute atomic E-state index is 14.7. The van der Waals surface area contributed by atoms with Gasteiger partial charge in [-0.15, -0.1) is 0 Å². The van der Waals surface area contributed by atoms with Crippen molar-refractivity contribution >= 4 is 50.7 Å². The minimum absolute atomic E-state index is 0.0443. The number of benzene rings is 4. The van der Waals surface area contributed by atoms with Crippen molar-refractivity contribution in [3.05, 3.63) is 129 Å². The Morgan fingerprint density at radius 2 is 1.40 bits per heavy atom. The Morgan fingerprint density at radius 1 is 0.809 bits per heavy atom. The average molecular weight is 695 g/mol. The van der Waals surface area contributed by atoms with Crippen LogP contribution in [0.4, 0.5) is 5.69 Å². The van der Waals surface area contributed by atoms with Gasteiger partial charge in [0.25, 0.3) is 10.0 Å². The van der Waals surface area contributed by atoms with Gasteiger partial charge in [-0.3, -0.25) is 13.9 Å². The van der Waals surface area contributed by atoms with Gasteiger partial charge in [-0.25, -0.2) is 8.42 Å². The van der Waals surface area contributed by atoms with Crippen LogP contribution in [0.5, 0.6) is 0 Å². The molecule has 47 heavy (non-hydrogen) atoms. The van der Waals surface area contributed by atoms with E-state index in [1.165, 1.54) is 17.0 Å². The highest BCUT2D eigenvalue weighted by Gasteiger charge is 2.36. The fourth-order valence-electron chi connectivity index (χ4n) is 5.30. The first-order valence-electron chi connectivity index (χ1n) is 15.3. The molecule has 7 nitrogen and oxygen atoms in total. The first-order valence-corrected chi connectivity index (χ1v) is 17.5. The van der Waals surface area contributed by atoms with E-state index in [1.54, 1.807) is 49.4 Å². The largest absolute Gasteiger partial charge is 0.350 e. The maximum Gasteiger partial charge on any atom is 0.264 e. The summed E-state index contributed by atoms with van der Waals surface area (Å²) in [6, 6.07) is 25.2. The third kappa shape index (κ3) is 9.15. The molecule has 4 rings (SSSR count). The molecule has 0 saturated heterocycles. The molecule has 2 amide bonds. The third-order valence-electron chi connectivity index (χ3n) is 7.67. The van der Waals surface area contributed by atoms with Crippen LogP contribution in [0, 0.1) is 20.8 Å². The Morgan fingerprint density at radius 3 is 1.98 bits per heavy atom. The number of hydrogen-bond acceptors (Lipinski definition) is 4. The topological polar surface area (TPSA) is 86.8 Å². The standard InChI is InChI=1S/C37H41Cl2N3O4S/c1-25-15-18-29(19-16-25)47(45,46)42(33-20-17-26(2)21-27(33)3)24-35(43)41(23-30-31(38)13-10-14-32(30)39)34(36(44)40-37(4,5)6)22-28-11-8-7-9-12-28/h7-21,34H,22-24H2,1-6H3,(H,40,44)/t34-/m1/s1. The van der Waals surface area contributed by atoms with E-state index in [-0.39, 0.29) is 17.9 Å². The molecule has 10 heteroatoms. The van der Waals surface area contributed by atoms with Gasteiger partial charge in [-0.2, -0.15) is 0 Å². The summed E-state index contributed by atoms with van der Waals surface area (Å²) in [7, 11) is -4.22. The summed E-state index contributed by atoms with van der Waals surface area (Å²) in [5.41, 5.74) is 3.55. The number of sulfonamides is 1.